The Morgan fingerprint density at radius 1 is 1.48 bits per heavy atom. The summed E-state index contributed by atoms with van der Waals surface area (Å²) in [5, 5.41) is 11.5. The van der Waals surface area contributed by atoms with E-state index < -0.39 is 12.0 Å². The molecule has 5 heteroatoms. The van der Waals surface area contributed by atoms with Crippen LogP contribution in [0, 0.1) is 6.92 Å². The molecule has 1 atom stereocenters. The first kappa shape index (κ1) is 16.9. The fourth-order valence-electron chi connectivity index (χ4n) is 1.84. The standard InChI is InChI=1S/C16H21NO4/c1-3-9-21-11-14(16(19)20)17-15(18)8-7-13-6-4-5-12(2)10-13/h3-6,10,14H,1,7-9,11H2,2H3,(H,17,18)(H,19,20). The lowest BCUT2D eigenvalue weighted by Crippen LogP contribution is -2.44. The van der Waals surface area contributed by atoms with Gasteiger partial charge in [0.15, 0.2) is 6.04 Å². The first-order chi connectivity index (χ1) is 10.0. The van der Waals surface area contributed by atoms with Crippen LogP contribution in [0.5, 0.6) is 0 Å². The summed E-state index contributed by atoms with van der Waals surface area (Å²) in [4.78, 5) is 22.8. The van der Waals surface area contributed by atoms with Gasteiger partial charge in [0.25, 0.3) is 0 Å². The van der Waals surface area contributed by atoms with Crippen molar-refractivity contribution in [1.29, 1.82) is 0 Å². The number of carboxylic acid groups (broad SMARTS) is 1. The molecule has 1 unspecified atom stereocenters. The second kappa shape index (κ2) is 8.92. The average molecular weight is 291 g/mol. The van der Waals surface area contributed by atoms with Crippen molar-refractivity contribution in [2.75, 3.05) is 13.2 Å². The van der Waals surface area contributed by atoms with Gasteiger partial charge in [-0.15, -0.1) is 6.58 Å². The second-order valence-electron chi connectivity index (χ2n) is 4.77. The first-order valence-corrected chi connectivity index (χ1v) is 6.79. The van der Waals surface area contributed by atoms with Crippen LogP contribution in [0.4, 0.5) is 0 Å². The van der Waals surface area contributed by atoms with E-state index >= 15 is 0 Å². The number of rotatable bonds is 9. The quantitative estimate of drug-likeness (QED) is 0.536. The van der Waals surface area contributed by atoms with Crippen LogP contribution < -0.4 is 5.32 Å². The van der Waals surface area contributed by atoms with E-state index in [9.17, 15) is 9.59 Å². The maximum absolute atomic E-state index is 11.8. The Balaban J connectivity index is 2.42. The number of carbonyl (C=O) groups is 2. The summed E-state index contributed by atoms with van der Waals surface area (Å²) in [5.41, 5.74) is 2.19. The van der Waals surface area contributed by atoms with Crippen molar-refractivity contribution < 1.29 is 19.4 Å². The van der Waals surface area contributed by atoms with Gasteiger partial charge in [0.2, 0.25) is 5.91 Å². The molecular formula is C16H21NO4. The van der Waals surface area contributed by atoms with Crippen LogP contribution in [-0.2, 0) is 20.7 Å². The SMILES string of the molecule is C=CCOCC(NC(=O)CCc1cccc(C)c1)C(=O)O. The number of ether oxygens (including phenoxy) is 1. The molecule has 5 nitrogen and oxygen atoms in total. The third kappa shape index (κ3) is 6.72. The largest absolute Gasteiger partial charge is 0.480 e. The molecule has 0 spiro atoms. The normalized spacial score (nSPS) is 11.7. The molecule has 0 aromatic heterocycles. The summed E-state index contributed by atoms with van der Waals surface area (Å²) in [6.45, 7) is 5.64. The van der Waals surface area contributed by atoms with Crippen molar-refractivity contribution in [1.82, 2.24) is 5.32 Å². The molecule has 0 bridgehead atoms. The maximum Gasteiger partial charge on any atom is 0.328 e. The molecular weight excluding hydrogens is 270 g/mol. The zero-order valence-electron chi connectivity index (χ0n) is 12.2. The average Bonchev–Trinajstić information content (AvgIpc) is 2.44. The molecule has 0 aliphatic rings. The van der Waals surface area contributed by atoms with Crippen LogP contribution >= 0.6 is 0 Å². The number of hydrogen-bond donors (Lipinski definition) is 2. The van der Waals surface area contributed by atoms with E-state index in [1.165, 1.54) is 6.08 Å². The molecule has 0 aliphatic carbocycles. The minimum atomic E-state index is -1.11. The molecule has 21 heavy (non-hydrogen) atoms. The fourth-order valence-corrected chi connectivity index (χ4v) is 1.84. The third-order valence-electron chi connectivity index (χ3n) is 2.88. The van der Waals surface area contributed by atoms with Gasteiger partial charge in [-0.05, 0) is 18.9 Å². The van der Waals surface area contributed by atoms with E-state index in [1.807, 2.05) is 31.2 Å². The Kier molecular flexibility index (Phi) is 7.18. The molecule has 0 aliphatic heterocycles. The van der Waals surface area contributed by atoms with E-state index in [0.29, 0.717) is 6.42 Å². The topological polar surface area (TPSA) is 75.6 Å². The van der Waals surface area contributed by atoms with Crippen molar-refractivity contribution in [3.05, 3.63) is 48.0 Å². The first-order valence-electron chi connectivity index (χ1n) is 6.79. The monoisotopic (exact) mass is 291 g/mol. The summed E-state index contributed by atoms with van der Waals surface area (Å²) in [5.74, 6) is -1.41. The molecule has 1 amide bonds. The van der Waals surface area contributed by atoms with Gasteiger partial charge in [-0.2, -0.15) is 0 Å². The number of nitrogens with one attached hydrogen (secondary N) is 1. The second-order valence-corrected chi connectivity index (χ2v) is 4.77. The number of aryl methyl sites for hydroxylation is 2. The Morgan fingerprint density at radius 3 is 2.86 bits per heavy atom. The number of hydrogen-bond acceptors (Lipinski definition) is 3. The van der Waals surface area contributed by atoms with Crippen LogP contribution in [0.2, 0.25) is 0 Å². The molecule has 0 fully saturated rings. The Bertz CT molecular complexity index is 499. The van der Waals surface area contributed by atoms with Gasteiger partial charge in [0, 0.05) is 6.42 Å². The predicted octanol–water partition coefficient (Wildman–Crippen LogP) is 1.70. The smallest absolute Gasteiger partial charge is 0.328 e. The Morgan fingerprint density at radius 2 is 2.24 bits per heavy atom. The van der Waals surface area contributed by atoms with Gasteiger partial charge in [-0.1, -0.05) is 35.9 Å². The summed E-state index contributed by atoms with van der Waals surface area (Å²) < 4.78 is 5.07. The van der Waals surface area contributed by atoms with Gasteiger partial charge in [-0.25, -0.2) is 4.79 Å². The number of amides is 1. The molecule has 1 aromatic rings. The lowest BCUT2D eigenvalue weighted by atomic mass is 10.1. The molecule has 1 rings (SSSR count). The van der Waals surface area contributed by atoms with Gasteiger partial charge in [0.1, 0.15) is 0 Å². The highest BCUT2D eigenvalue weighted by atomic mass is 16.5. The molecule has 1 aromatic carbocycles. The summed E-state index contributed by atoms with van der Waals surface area (Å²) in [7, 11) is 0. The van der Waals surface area contributed by atoms with Crippen LogP contribution in [-0.4, -0.2) is 36.2 Å². The molecule has 0 heterocycles. The van der Waals surface area contributed by atoms with Crippen LogP contribution in [0.3, 0.4) is 0 Å². The summed E-state index contributed by atoms with van der Waals surface area (Å²) in [6.07, 6.45) is 2.35. The van der Waals surface area contributed by atoms with Gasteiger partial charge >= 0.3 is 5.97 Å². The highest BCUT2D eigenvalue weighted by Gasteiger charge is 2.19. The molecule has 0 radical (unpaired) electrons. The van der Waals surface area contributed by atoms with Crippen molar-refractivity contribution in [2.45, 2.75) is 25.8 Å². The third-order valence-corrected chi connectivity index (χ3v) is 2.88. The maximum atomic E-state index is 11.8. The number of carboxylic acids is 1. The molecule has 0 saturated heterocycles. The lowest BCUT2D eigenvalue weighted by Gasteiger charge is -2.14. The minimum absolute atomic E-state index is 0.0719. The van der Waals surface area contributed by atoms with Crippen LogP contribution in [0.25, 0.3) is 0 Å². The molecule has 114 valence electrons. The van der Waals surface area contributed by atoms with E-state index in [0.717, 1.165) is 11.1 Å². The summed E-state index contributed by atoms with van der Waals surface area (Å²) >= 11 is 0. The van der Waals surface area contributed by atoms with Crippen LogP contribution in [0.15, 0.2) is 36.9 Å². The van der Waals surface area contributed by atoms with Crippen LogP contribution in [0.1, 0.15) is 17.5 Å². The van der Waals surface area contributed by atoms with E-state index in [2.05, 4.69) is 11.9 Å². The zero-order chi connectivity index (χ0) is 15.7. The Labute approximate surface area is 124 Å². The highest BCUT2D eigenvalue weighted by Crippen LogP contribution is 2.06. The molecule has 2 N–H and O–H groups in total. The molecule has 0 saturated carbocycles. The minimum Gasteiger partial charge on any atom is -0.480 e. The number of carbonyl (C=O) groups excluding carboxylic acids is 1. The van der Waals surface area contributed by atoms with Crippen molar-refractivity contribution in [3.63, 3.8) is 0 Å². The highest BCUT2D eigenvalue weighted by molar-refractivity contribution is 5.83. The van der Waals surface area contributed by atoms with E-state index in [1.54, 1.807) is 0 Å². The fraction of sp³-hybridized carbons (Fsp3) is 0.375. The van der Waals surface area contributed by atoms with Gasteiger partial charge in [-0.3, -0.25) is 4.79 Å². The van der Waals surface area contributed by atoms with E-state index in [-0.39, 0.29) is 25.5 Å². The van der Waals surface area contributed by atoms with Gasteiger partial charge < -0.3 is 15.2 Å². The van der Waals surface area contributed by atoms with Gasteiger partial charge in [0.05, 0.1) is 13.2 Å². The van der Waals surface area contributed by atoms with E-state index in [4.69, 9.17) is 9.84 Å². The number of benzene rings is 1. The predicted molar refractivity (Wildman–Crippen MR) is 80.1 cm³/mol. The van der Waals surface area contributed by atoms with Crippen molar-refractivity contribution in [2.24, 2.45) is 0 Å². The number of aliphatic carboxylic acids is 1. The Hall–Kier alpha value is -2.14. The zero-order valence-corrected chi connectivity index (χ0v) is 12.2. The summed E-state index contributed by atoms with van der Waals surface area (Å²) in [6, 6.07) is 6.85. The lowest BCUT2D eigenvalue weighted by molar-refractivity contribution is -0.143. The van der Waals surface area contributed by atoms with Crippen molar-refractivity contribution >= 4 is 11.9 Å². The van der Waals surface area contributed by atoms with Crippen molar-refractivity contribution in [3.8, 4) is 0 Å².